The summed E-state index contributed by atoms with van der Waals surface area (Å²) < 4.78 is 44.2. The first kappa shape index (κ1) is 63.8. The highest BCUT2D eigenvalue weighted by Crippen LogP contribution is 2.48. The van der Waals surface area contributed by atoms with Crippen LogP contribution < -0.4 is 0 Å². The first-order valence-electron chi connectivity index (χ1n) is 24.8. The molecule has 0 spiro atoms. The van der Waals surface area contributed by atoms with Gasteiger partial charge >= 0.3 is 0 Å². The second kappa shape index (κ2) is 28.5. The molecule has 0 aromatic heterocycles. The second-order valence-electron chi connectivity index (χ2n) is 24.0. The van der Waals surface area contributed by atoms with E-state index in [0.717, 1.165) is 13.2 Å². The molecule has 0 aromatic rings. The molecule has 0 aliphatic heterocycles. The highest BCUT2D eigenvalue weighted by atomic mass is 30.1. The molecule has 0 fully saturated rings. The molecular formula is C44H110O8Si10. The van der Waals surface area contributed by atoms with Crippen molar-refractivity contribution in [2.45, 2.75) is 182 Å². The Kier molecular flexibility index (Phi) is 29.3. The van der Waals surface area contributed by atoms with Gasteiger partial charge in [-0.3, -0.25) is 0 Å². The lowest BCUT2D eigenvalue weighted by Gasteiger charge is -2.67. The Morgan fingerprint density at radius 3 is 0.629 bits per heavy atom. The van der Waals surface area contributed by atoms with E-state index in [1.54, 1.807) is 14.2 Å². The van der Waals surface area contributed by atoms with Crippen molar-refractivity contribution in [1.82, 2.24) is 0 Å². The Morgan fingerprint density at radius 2 is 0.403 bits per heavy atom. The van der Waals surface area contributed by atoms with E-state index < -0.39 is 72.1 Å². The van der Waals surface area contributed by atoms with Gasteiger partial charge in [-0.25, -0.2) is 0 Å². The van der Waals surface area contributed by atoms with Gasteiger partial charge < -0.3 is 37.9 Å². The molecule has 0 aromatic carbocycles. The van der Waals surface area contributed by atoms with Crippen molar-refractivity contribution in [3.63, 3.8) is 0 Å². The first-order chi connectivity index (χ1) is 28.4. The fourth-order valence-electron chi connectivity index (χ4n) is 10.3. The third-order valence-corrected chi connectivity index (χ3v) is 246. The van der Waals surface area contributed by atoms with Gasteiger partial charge in [0.2, 0.25) is 0 Å². The largest absolute Gasteiger partial charge is 0.382 e. The lowest BCUT2D eigenvalue weighted by molar-refractivity contribution is 0.00326. The van der Waals surface area contributed by atoms with Crippen LogP contribution in [0.2, 0.25) is 143 Å². The summed E-state index contributed by atoms with van der Waals surface area (Å²) >= 11 is 0. The Balaban J connectivity index is 5.52. The highest BCUT2D eigenvalue weighted by Gasteiger charge is 2.71. The van der Waals surface area contributed by atoms with Gasteiger partial charge in [0.25, 0.3) is 0 Å². The zero-order valence-corrected chi connectivity index (χ0v) is 55.8. The molecule has 0 aliphatic rings. The van der Waals surface area contributed by atoms with Gasteiger partial charge in [-0.15, -0.1) is 0 Å². The molecule has 0 amide bonds. The molecule has 0 saturated carbocycles. The smallest absolute Gasteiger partial charge is 0.0701 e. The van der Waals surface area contributed by atoms with E-state index in [1.165, 1.54) is 50.6 Å². The lowest BCUT2D eigenvalue weighted by Crippen LogP contribution is -2.94. The van der Waals surface area contributed by atoms with Gasteiger partial charge in [0, 0.05) is 99.5 Å². The van der Waals surface area contributed by atoms with E-state index in [9.17, 15) is 0 Å². The van der Waals surface area contributed by atoms with Crippen molar-refractivity contribution in [1.29, 1.82) is 0 Å². The van der Waals surface area contributed by atoms with Crippen LogP contribution in [0.15, 0.2) is 0 Å². The molecule has 8 nitrogen and oxygen atoms in total. The van der Waals surface area contributed by atoms with Crippen LogP contribution in [-0.2, 0) is 37.9 Å². The average Bonchev–Trinajstić information content (AvgIpc) is 3.17. The topological polar surface area (TPSA) is 73.8 Å². The van der Waals surface area contributed by atoms with E-state index >= 15 is 0 Å². The molecule has 0 N–H and O–H groups in total. The fraction of sp³-hybridized carbons (Fsp3) is 1.00. The van der Waals surface area contributed by atoms with Crippen molar-refractivity contribution in [3.05, 3.63) is 0 Å². The van der Waals surface area contributed by atoms with Crippen molar-refractivity contribution in [3.8, 4) is 0 Å². The Labute approximate surface area is 395 Å². The minimum atomic E-state index is -1.54. The molecule has 18 heteroatoms. The number of methoxy groups -OCH3 is 2. The van der Waals surface area contributed by atoms with Crippen LogP contribution in [-0.4, -0.2) is 179 Å². The van der Waals surface area contributed by atoms with E-state index in [4.69, 9.17) is 37.9 Å². The number of ether oxygens (including phenoxy) is 8. The van der Waals surface area contributed by atoms with Crippen molar-refractivity contribution < 1.29 is 37.9 Å². The van der Waals surface area contributed by atoms with E-state index in [2.05, 4.69) is 131 Å². The minimum absolute atomic E-state index is 0.617. The molecule has 0 atom stereocenters. The molecule has 0 unspecified atom stereocenters. The van der Waals surface area contributed by atoms with Crippen LogP contribution in [0.3, 0.4) is 0 Å². The maximum Gasteiger partial charge on any atom is 0.0701 e. The molecule has 0 saturated heterocycles. The predicted octanol–water partition coefficient (Wildman–Crippen LogP) is 11.5. The molecule has 0 rings (SSSR count). The van der Waals surface area contributed by atoms with E-state index in [0.29, 0.717) is 79.3 Å². The van der Waals surface area contributed by atoms with Crippen LogP contribution >= 0.6 is 0 Å². The van der Waals surface area contributed by atoms with Crippen molar-refractivity contribution >= 4 is 72.1 Å². The Morgan fingerprint density at radius 1 is 0.210 bits per heavy atom. The predicted molar refractivity (Wildman–Crippen MR) is 301 cm³/mol. The summed E-state index contributed by atoms with van der Waals surface area (Å²) in [6, 6.07) is 3.02. The van der Waals surface area contributed by atoms with Crippen molar-refractivity contribution in [2.75, 3.05) is 107 Å². The van der Waals surface area contributed by atoms with E-state index in [-0.39, 0.29) is 0 Å². The zero-order chi connectivity index (χ0) is 48.2. The third kappa shape index (κ3) is 16.8. The first-order valence-corrected chi connectivity index (χ1v) is 64.2. The summed E-state index contributed by atoms with van der Waals surface area (Å²) in [7, 11) is -11.4. The van der Waals surface area contributed by atoms with Crippen LogP contribution in [0.1, 0.15) is 38.5 Å². The Bertz CT molecular complexity index is 1110. The summed E-state index contributed by atoms with van der Waals surface area (Å²) in [6.45, 7) is 68.5. The molecule has 374 valence electrons. The van der Waals surface area contributed by atoms with Gasteiger partial charge in [0.1, 0.15) is 0 Å². The number of unbranched alkanes of at least 4 members (excludes halogenated alkanes) is 4. The van der Waals surface area contributed by atoms with Crippen LogP contribution in [0, 0.1) is 0 Å². The monoisotopic (exact) mass is 1050 g/mol. The summed E-state index contributed by atoms with van der Waals surface area (Å²) in [6.07, 6.45) is 7.72. The molecular weight excluding hydrogens is 937 g/mol. The molecule has 0 radical (unpaired) electrons. The van der Waals surface area contributed by atoms with Gasteiger partial charge in [-0.2, -0.15) is 0 Å². The van der Waals surface area contributed by atoms with Crippen LogP contribution in [0.4, 0.5) is 0 Å². The SMILES string of the molecule is COCCOCCOCCOCCCCC[Si](C)(C)[Si](C)(C)[Si](C)(C)[Si](C)(C)[Si](C)(C)[Si](C)(C)[Si](C)(C)[Si](C)(C)[Si](C)(C)[Si](C)(C)CCCCCOCCOCCOCCOC. The minimum Gasteiger partial charge on any atom is -0.382 e. The number of hydrogen-bond acceptors (Lipinski definition) is 8. The lowest BCUT2D eigenvalue weighted by atomic mass is 10.3. The second-order valence-corrected chi connectivity index (χ2v) is 139. The molecule has 62 heavy (non-hydrogen) atoms. The van der Waals surface area contributed by atoms with Gasteiger partial charge in [0.05, 0.1) is 79.3 Å². The molecule has 0 bridgehead atoms. The summed E-state index contributed by atoms with van der Waals surface area (Å²) in [5.41, 5.74) is 0. The normalized spacial score (nSPS) is 14.6. The fourth-order valence-corrected chi connectivity index (χ4v) is 326. The van der Waals surface area contributed by atoms with E-state index in [1.807, 2.05) is 0 Å². The van der Waals surface area contributed by atoms with Gasteiger partial charge in [-0.1, -0.05) is 169 Å². The molecule has 0 heterocycles. The number of rotatable bonds is 39. The summed E-state index contributed by atoms with van der Waals surface area (Å²) in [5.74, 6) is 0. The maximum atomic E-state index is 5.94. The summed E-state index contributed by atoms with van der Waals surface area (Å²) in [5, 5.41) is 0. The standard InChI is InChI=1S/C44H110O8Si10/c1-45-31-33-49-39-41-51-37-35-47-29-25-23-27-43-53(3,4)55(7,8)57(11,12)59(15,16)61(19,20)62(21,22)60(17,18)58(13,14)56(9,10)54(5,6)44-28-24-26-30-48-36-38-52-42-40-50-34-32-46-2/h23-44H2,1-22H3. The quantitative estimate of drug-likeness (QED) is 0.0445. The third-order valence-electron chi connectivity index (χ3n) is 19.9. The summed E-state index contributed by atoms with van der Waals surface area (Å²) in [4.78, 5) is 0. The van der Waals surface area contributed by atoms with Crippen LogP contribution in [0.25, 0.3) is 0 Å². The Hall–Kier alpha value is 1.85. The average molecular weight is 1050 g/mol. The highest BCUT2D eigenvalue weighted by molar-refractivity contribution is 8.07. The van der Waals surface area contributed by atoms with Crippen LogP contribution in [0.5, 0.6) is 0 Å². The van der Waals surface area contributed by atoms with Gasteiger partial charge in [0.15, 0.2) is 0 Å². The maximum absolute atomic E-state index is 5.94. The molecule has 0 aliphatic carbocycles. The number of hydrogen-bond donors (Lipinski definition) is 0. The van der Waals surface area contributed by atoms with Crippen molar-refractivity contribution in [2.24, 2.45) is 0 Å². The zero-order valence-electron chi connectivity index (χ0n) is 45.8. The van der Waals surface area contributed by atoms with Gasteiger partial charge in [-0.05, 0) is 12.8 Å².